The number of carboxylic acids is 1. The number of hydrogen-bond acceptors (Lipinski definition) is 2. The summed E-state index contributed by atoms with van der Waals surface area (Å²) in [5.41, 5.74) is 1.87. The van der Waals surface area contributed by atoms with E-state index in [2.05, 4.69) is 0 Å². The van der Waals surface area contributed by atoms with Gasteiger partial charge in [-0.2, -0.15) is 0 Å². The fraction of sp³-hybridized carbons (Fsp3) is 0.333. The van der Waals surface area contributed by atoms with Crippen molar-refractivity contribution >= 4 is 16.9 Å². The summed E-state index contributed by atoms with van der Waals surface area (Å²) in [6.45, 7) is 5.76. The van der Waals surface area contributed by atoms with Crippen LogP contribution in [-0.4, -0.2) is 15.6 Å². The largest absolute Gasteiger partial charge is 0.477 e. The second-order valence-corrected chi connectivity index (χ2v) is 5.13. The minimum absolute atomic E-state index is 0.0238. The summed E-state index contributed by atoms with van der Waals surface area (Å²) in [4.78, 5) is 23.6. The minimum atomic E-state index is -1.16. The lowest BCUT2D eigenvalue weighted by Gasteiger charge is -2.16. The van der Waals surface area contributed by atoms with Crippen molar-refractivity contribution in [2.75, 3.05) is 0 Å². The lowest BCUT2D eigenvalue weighted by atomic mass is 9.93. The van der Waals surface area contributed by atoms with Crippen molar-refractivity contribution < 1.29 is 9.90 Å². The summed E-state index contributed by atoms with van der Waals surface area (Å²) in [7, 11) is 1.61. The van der Waals surface area contributed by atoms with Crippen molar-refractivity contribution in [2.45, 2.75) is 26.7 Å². The van der Waals surface area contributed by atoms with Gasteiger partial charge in [-0.3, -0.25) is 4.79 Å². The molecule has 19 heavy (non-hydrogen) atoms. The van der Waals surface area contributed by atoms with Crippen molar-refractivity contribution in [1.82, 2.24) is 4.57 Å². The van der Waals surface area contributed by atoms with Crippen LogP contribution in [0, 0.1) is 6.92 Å². The number of hydrogen-bond donors (Lipinski definition) is 1. The van der Waals surface area contributed by atoms with Gasteiger partial charge in [0, 0.05) is 12.4 Å². The molecule has 2 rings (SSSR count). The Labute approximate surface area is 111 Å². The molecule has 0 amide bonds. The number of fused-ring (bicyclic) bond motifs is 1. The number of rotatable bonds is 2. The van der Waals surface area contributed by atoms with Crippen molar-refractivity contribution in [3.63, 3.8) is 0 Å². The van der Waals surface area contributed by atoms with Gasteiger partial charge in [0.1, 0.15) is 5.56 Å². The SMILES string of the molecule is Cc1ccc2c(c1)c(C(C)C)c(C(=O)O)c(=O)n2C. The number of benzene rings is 1. The molecule has 1 heterocycles. The Morgan fingerprint density at radius 2 is 1.95 bits per heavy atom. The van der Waals surface area contributed by atoms with Crippen LogP contribution in [0.1, 0.15) is 41.3 Å². The van der Waals surface area contributed by atoms with Crippen LogP contribution in [-0.2, 0) is 7.05 Å². The van der Waals surface area contributed by atoms with Gasteiger partial charge in [0.05, 0.1) is 5.52 Å². The second kappa shape index (κ2) is 4.53. The first-order chi connectivity index (χ1) is 8.84. The molecule has 1 aromatic heterocycles. The number of pyridine rings is 1. The van der Waals surface area contributed by atoms with Crippen molar-refractivity contribution in [1.29, 1.82) is 0 Å². The number of nitrogens with zero attached hydrogens (tertiary/aromatic N) is 1. The molecule has 0 bridgehead atoms. The van der Waals surface area contributed by atoms with Crippen LogP contribution < -0.4 is 5.56 Å². The van der Waals surface area contributed by atoms with E-state index in [1.165, 1.54) is 4.57 Å². The van der Waals surface area contributed by atoms with Gasteiger partial charge in [-0.25, -0.2) is 4.79 Å². The molecule has 4 nitrogen and oxygen atoms in total. The molecule has 1 aromatic carbocycles. The smallest absolute Gasteiger partial charge is 0.341 e. The Balaban J connectivity index is 3.10. The molecule has 0 aliphatic carbocycles. The van der Waals surface area contributed by atoms with E-state index < -0.39 is 11.5 Å². The molecule has 0 spiro atoms. The van der Waals surface area contributed by atoms with Crippen LogP contribution in [0.25, 0.3) is 10.9 Å². The third-order valence-corrected chi connectivity index (χ3v) is 3.38. The van der Waals surface area contributed by atoms with Gasteiger partial charge < -0.3 is 9.67 Å². The quantitative estimate of drug-likeness (QED) is 0.902. The van der Waals surface area contributed by atoms with Gasteiger partial charge in [-0.1, -0.05) is 25.5 Å². The van der Waals surface area contributed by atoms with E-state index in [4.69, 9.17) is 0 Å². The first-order valence-electron chi connectivity index (χ1n) is 6.21. The van der Waals surface area contributed by atoms with E-state index in [0.717, 1.165) is 16.5 Å². The molecule has 0 unspecified atom stereocenters. The highest BCUT2D eigenvalue weighted by atomic mass is 16.4. The summed E-state index contributed by atoms with van der Waals surface area (Å²) >= 11 is 0. The fourth-order valence-corrected chi connectivity index (χ4v) is 2.49. The average Bonchev–Trinajstić information content (AvgIpc) is 2.32. The first-order valence-corrected chi connectivity index (χ1v) is 6.21. The van der Waals surface area contributed by atoms with E-state index in [0.29, 0.717) is 5.56 Å². The molecule has 0 fully saturated rings. The fourth-order valence-electron chi connectivity index (χ4n) is 2.49. The van der Waals surface area contributed by atoms with Gasteiger partial charge in [-0.15, -0.1) is 0 Å². The second-order valence-electron chi connectivity index (χ2n) is 5.13. The predicted molar refractivity (Wildman–Crippen MR) is 75.0 cm³/mol. The molecular weight excluding hydrogens is 242 g/mol. The van der Waals surface area contributed by atoms with E-state index >= 15 is 0 Å². The Hall–Kier alpha value is -2.10. The maximum absolute atomic E-state index is 12.2. The van der Waals surface area contributed by atoms with Crippen LogP contribution in [0.5, 0.6) is 0 Å². The normalized spacial score (nSPS) is 11.2. The highest BCUT2D eigenvalue weighted by Crippen LogP contribution is 2.27. The van der Waals surface area contributed by atoms with Gasteiger partial charge in [0.25, 0.3) is 5.56 Å². The van der Waals surface area contributed by atoms with Crippen LogP contribution in [0.15, 0.2) is 23.0 Å². The predicted octanol–water partition coefficient (Wildman–Crippen LogP) is 2.67. The standard InChI is InChI=1S/C15H17NO3/c1-8(2)12-10-7-9(3)5-6-11(10)16(4)14(17)13(12)15(18)19/h5-8H,1-4H3,(H,18,19). The summed E-state index contributed by atoms with van der Waals surface area (Å²) in [5.74, 6) is -1.18. The monoisotopic (exact) mass is 259 g/mol. The highest BCUT2D eigenvalue weighted by molar-refractivity contribution is 5.96. The van der Waals surface area contributed by atoms with Gasteiger partial charge in [0.2, 0.25) is 0 Å². The maximum Gasteiger partial charge on any atom is 0.341 e. The van der Waals surface area contributed by atoms with Crippen molar-refractivity contribution in [3.05, 3.63) is 45.2 Å². The number of aromatic carboxylic acids is 1. The maximum atomic E-state index is 12.2. The Kier molecular flexibility index (Phi) is 3.18. The molecule has 2 aromatic rings. The Bertz CT molecular complexity index is 726. The van der Waals surface area contributed by atoms with Crippen LogP contribution in [0.3, 0.4) is 0 Å². The van der Waals surface area contributed by atoms with Crippen LogP contribution >= 0.6 is 0 Å². The van der Waals surface area contributed by atoms with Crippen LogP contribution in [0.4, 0.5) is 0 Å². The molecule has 0 aliphatic rings. The zero-order valence-electron chi connectivity index (χ0n) is 11.5. The van der Waals surface area contributed by atoms with E-state index in [9.17, 15) is 14.7 Å². The summed E-state index contributed by atoms with van der Waals surface area (Å²) in [6, 6.07) is 5.73. The third kappa shape index (κ3) is 2.03. The summed E-state index contributed by atoms with van der Waals surface area (Å²) < 4.78 is 1.41. The third-order valence-electron chi connectivity index (χ3n) is 3.38. The molecule has 1 N–H and O–H groups in total. The van der Waals surface area contributed by atoms with E-state index in [1.807, 2.05) is 39.0 Å². The van der Waals surface area contributed by atoms with Gasteiger partial charge >= 0.3 is 5.97 Å². The van der Waals surface area contributed by atoms with Crippen molar-refractivity contribution in [3.8, 4) is 0 Å². The summed E-state index contributed by atoms with van der Waals surface area (Å²) in [6.07, 6.45) is 0. The van der Waals surface area contributed by atoms with Crippen molar-refractivity contribution in [2.24, 2.45) is 7.05 Å². The molecule has 0 saturated carbocycles. The lowest BCUT2D eigenvalue weighted by Crippen LogP contribution is -2.27. The molecule has 0 aliphatic heterocycles. The molecule has 0 saturated heterocycles. The number of carboxylic acid groups (broad SMARTS) is 1. The Morgan fingerprint density at radius 3 is 2.47 bits per heavy atom. The number of carbonyl (C=O) groups is 1. The minimum Gasteiger partial charge on any atom is -0.477 e. The zero-order valence-corrected chi connectivity index (χ0v) is 11.5. The zero-order chi connectivity index (χ0) is 14.3. The van der Waals surface area contributed by atoms with Gasteiger partial charge in [-0.05, 0) is 30.5 Å². The lowest BCUT2D eigenvalue weighted by molar-refractivity contribution is 0.0693. The first kappa shape index (κ1) is 13.3. The topological polar surface area (TPSA) is 59.3 Å². The van der Waals surface area contributed by atoms with Crippen LogP contribution in [0.2, 0.25) is 0 Å². The van der Waals surface area contributed by atoms with E-state index in [1.54, 1.807) is 7.05 Å². The average molecular weight is 259 g/mol. The molecule has 100 valence electrons. The molecule has 0 atom stereocenters. The van der Waals surface area contributed by atoms with Gasteiger partial charge in [0.15, 0.2) is 0 Å². The number of aryl methyl sites for hydroxylation is 2. The molecular formula is C15H17NO3. The number of aromatic nitrogens is 1. The van der Waals surface area contributed by atoms with E-state index in [-0.39, 0.29) is 11.5 Å². The molecule has 4 heteroatoms. The highest BCUT2D eigenvalue weighted by Gasteiger charge is 2.22. The Morgan fingerprint density at radius 1 is 1.32 bits per heavy atom. The molecule has 0 radical (unpaired) electrons. The summed E-state index contributed by atoms with van der Waals surface area (Å²) in [5, 5.41) is 10.2.